The van der Waals surface area contributed by atoms with E-state index in [-0.39, 0.29) is 37.9 Å². The number of likely N-dealkylation sites (tertiary alicyclic amines) is 1. The zero-order chi connectivity index (χ0) is 18.0. The number of carbonyl (C=O) groups excluding carboxylic acids is 2. The summed E-state index contributed by atoms with van der Waals surface area (Å²) >= 11 is 5.83. The predicted molar refractivity (Wildman–Crippen MR) is 92.4 cm³/mol. The van der Waals surface area contributed by atoms with E-state index in [9.17, 15) is 19.8 Å². The summed E-state index contributed by atoms with van der Waals surface area (Å²) in [5, 5.41) is 24.5. The predicted octanol–water partition coefficient (Wildman–Crippen LogP) is -0.290. The number of piperazine rings is 1. The summed E-state index contributed by atoms with van der Waals surface area (Å²) in [4.78, 5) is 27.4. The lowest BCUT2D eigenvalue weighted by Crippen LogP contribution is -2.63. The SMILES string of the molecule is O=C1CN(C[C@@]2(O)CCN(C(=O)c3ccc(Cl)cc3)C[C@@H]2O)CCN1. The molecule has 0 radical (unpaired) electrons. The van der Waals surface area contributed by atoms with Crippen molar-refractivity contribution in [2.24, 2.45) is 0 Å². The lowest BCUT2D eigenvalue weighted by Gasteiger charge is -2.44. The molecule has 7 nitrogen and oxygen atoms in total. The monoisotopic (exact) mass is 367 g/mol. The summed E-state index contributed by atoms with van der Waals surface area (Å²) in [6.45, 7) is 1.99. The summed E-state index contributed by atoms with van der Waals surface area (Å²) in [5.74, 6) is -0.283. The number of rotatable bonds is 3. The van der Waals surface area contributed by atoms with E-state index < -0.39 is 11.7 Å². The largest absolute Gasteiger partial charge is 0.388 e. The first-order valence-electron chi connectivity index (χ1n) is 8.32. The number of hydrogen-bond donors (Lipinski definition) is 3. The maximum Gasteiger partial charge on any atom is 0.253 e. The molecule has 25 heavy (non-hydrogen) atoms. The van der Waals surface area contributed by atoms with Gasteiger partial charge in [-0.3, -0.25) is 14.5 Å². The lowest BCUT2D eigenvalue weighted by atomic mass is 9.87. The van der Waals surface area contributed by atoms with Gasteiger partial charge >= 0.3 is 0 Å². The Hall–Kier alpha value is -1.67. The minimum atomic E-state index is -1.33. The summed E-state index contributed by atoms with van der Waals surface area (Å²) in [7, 11) is 0. The van der Waals surface area contributed by atoms with Crippen molar-refractivity contribution in [1.29, 1.82) is 0 Å². The number of aliphatic hydroxyl groups is 2. The molecule has 0 aliphatic carbocycles. The number of carbonyl (C=O) groups is 2. The van der Waals surface area contributed by atoms with Crippen LogP contribution in [0.3, 0.4) is 0 Å². The van der Waals surface area contributed by atoms with E-state index in [1.807, 2.05) is 4.90 Å². The summed E-state index contributed by atoms with van der Waals surface area (Å²) in [5.41, 5.74) is -0.830. The maximum absolute atomic E-state index is 12.5. The Morgan fingerprint density at radius 3 is 2.68 bits per heavy atom. The van der Waals surface area contributed by atoms with Crippen LogP contribution in [-0.4, -0.2) is 82.8 Å². The first-order valence-corrected chi connectivity index (χ1v) is 8.69. The fourth-order valence-electron chi connectivity index (χ4n) is 3.32. The molecule has 1 aromatic rings. The van der Waals surface area contributed by atoms with E-state index >= 15 is 0 Å². The number of benzene rings is 1. The highest BCUT2D eigenvalue weighted by atomic mass is 35.5. The quantitative estimate of drug-likeness (QED) is 0.682. The van der Waals surface area contributed by atoms with Crippen LogP contribution in [0, 0.1) is 0 Å². The Morgan fingerprint density at radius 1 is 1.32 bits per heavy atom. The van der Waals surface area contributed by atoms with E-state index in [4.69, 9.17) is 11.6 Å². The normalized spacial score (nSPS) is 27.9. The summed E-state index contributed by atoms with van der Waals surface area (Å²) in [6, 6.07) is 6.58. The van der Waals surface area contributed by atoms with Crippen LogP contribution < -0.4 is 5.32 Å². The molecule has 1 aromatic carbocycles. The smallest absolute Gasteiger partial charge is 0.253 e. The van der Waals surface area contributed by atoms with Gasteiger partial charge in [-0.05, 0) is 30.7 Å². The third kappa shape index (κ3) is 4.12. The highest BCUT2D eigenvalue weighted by Gasteiger charge is 2.43. The van der Waals surface area contributed by atoms with E-state index in [1.165, 1.54) is 4.90 Å². The molecule has 0 bridgehead atoms. The lowest BCUT2D eigenvalue weighted by molar-refractivity contribution is -0.136. The third-order valence-corrected chi connectivity index (χ3v) is 5.07. The van der Waals surface area contributed by atoms with E-state index in [0.717, 1.165) is 0 Å². The zero-order valence-corrected chi connectivity index (χ0v) is 14.6. The molecule has 2 amide bonds. The molecular weight excluding hydrogens is 346 g/mol. The molecule has 0 saturated carbocycles. The van der Waals surface area contributed by atoms with Crippen LogP contribution in [0.15, 0.2) is 24.3 Å². The van der Waals surface area contributed by atoms with Gasteiger partial charge in [0.1, 0.15) is 11.7 Å². The molecule has 2 aliphatic rings. The molecule has 0 aromatic heterocycles. The minimum absolute atomic E-state index is 0.0536. The molecule has 2 saturated heterocycles. The van der Waals surface area contributed by atoms with E-state index in [0.29, 0.717) is 30.2 Å². The van der Waals surface area contributed by atoms with Crippen molar-refractivity contribution >= 4 is 23.4 Å². The molecule has 0 unspecified atom stereocenters. The molecule has 2 atom stereocenters. The van der Waals surface area contributed by atoms with Crippen LogP contribution in [0.4, 0.5) is 0 Å². The second-order valence-corrected chi connectivity index (χ2v) is 7.12. The van der Waals surface area contributed by atoms with Crippen LogP contribution in [0.1, 0.15) is 16.8 Å². The number of nitrogens with zero attached hydrogens (tertiary/aromatic N) is 2. The van der Waals surface area contributed by atoms with Crippen molar-refractivity contribution < 1.29 is 19.8 Å². The number of β-amino-alcohol motifs (C(OH)–C–C–N with tert-alkyl or cyclic N) is 2. The summed E-state index contributed by atoms with van der Waals surface area (Å²) < 4.78 is 0. The van der Waals surface area contributed by atoms with Crippen LogP contribution in [0.5, 0.6) is 0 Å². The highest BCUT2D eigenvalue weighted by Crippen LogP contribution is 2.25. The molecular formula is C17H22ClN3O4. The van der Waals surface area contributed by atoms with Crippen molar-refractivity contribution in [3.8, 4) is 0 Å². The van der Waals surface area contributed by atoms with Crippen molar-refractivity contribution in [2.45, 2.75) is 18.1 Å². The van der Waals surface area contributed by atoms with Crippen molar-refractivity contribution in [1.82, 2.24) is 15.1 Å². The van der Waals surface area contributed by atoms with Crippen LogP contribution in [-0.2, 0) is 4.79 Å². The van der Waals surface area contributed by atoms with Gasteiger partial charge in [0.05, 0.1) is 6.54 Å². The van der Waals surface area contributed by atoms with Crippen molar-refractivity contribution in [2.75, 3.05) is 39.3 Å². The molecule has 136 valence electrons. The second-order valence-electron chi connectivity index (χ2n) is 6.69. The molecule has 2 aliphatic heterocycles. The van der Waals surface area contributed by atoms with Crippen LogP contribution in [0.2, 0.25) is 5.02 Å². The van der Waals surface area contributed by atoms with E-state index in [1.54, 1.807) is 24.3 Å². The van der Waals surface area contributed by atoms with Gasteiger partial charge in [-0.1, -0.05) is 11.6 Å². The Kier molecular flexibility index (Phi) is 5.29. The second kappa shape index (κ2) is 7.29. The van der Waals surface area contributed by atoms with Gasteiger partial charge < -0.3 is 20.4 Å². The average Bonchev–Trinajstić information content (AvgIpc) is 2.57. The average molecular weight is 368 g/mol. The summed E-state index contributed by atoms with van der Waals surface area (Å²) in [6.07, 6.45) is -0.812. The Balaban J connectivity index is 1.62. The number of halogens is 1. The van der Waals surface area contributed by atoms with Crippen LogP contribution in [0.25, 0.3) is 0 Å². The number of aliphatic hydroxyl groups excluding tert-OH is 1. The fraction of sp³-hybridized carbons (Fsp3) is 0.529. The molecule has 3 rings (SSSR count). The standard InChI is InChI=1S/C17H22ClN3O4/c18-13-3-1-12(2-4-13)16(24)21-7-5-17(25,14(22)9-21)11-20-8-6-19-15(23)10-20/h1-4,14,22,25H,5-11H2,(H,19,23)/t14-,17-/m0/s1. The Bertz CT molecular complexity index is 654. The zero-order valence-electron chi connectivity index (χ0n) is 13.8. The first-order chi connectivity index (χ1) is 11.9. The van der Waals surface area contributed by atoms with Gasteiger partial charge in [0, 0.05) is 43.3 Å². The molecule has 2 fully saturated rings. The minimum Gasteiger partial charge on any atom is -0.388 e. The topological polar surface area (TPSA) is 93.1 Å². The van der Waals surface area contributed by atoms with Crippen molar-refractivity contribution in [3.05, 3.63) is 34.9 Å². The van der Waals surface area contributed by atoms with Crippen LogP contribution >= 0.6 is 11.6 Å². The van der Waals surface area contributed by atoms with Gasteiger partial charge in [-0.2, -0.15) is 0 Å². The van der Waals surface area contributed by atoms with Gasteiger partial charge in [0.2, 0.25) is 5.91 Å². The van der Waals surface area contributed by atoms with Gasteiger partial charge in [-0.15, -0.1) is 0 Å². The first kappa shape index (κ1) is 18.1. The highest BCUT2D eigenvalue weighted by molar-refractivity contribution is 6.30. The number of hydrogen-bond acceptors (Lipinski definition) is 5. The van der Waals surface area contributed by atoms with Gasteiger partial charge in [0.15, 0.2) is 0 Å². The Labute approximate surface area is 151 Å². The number of amides is 2. The third-order valence-electron chi connectivity index (χ3n) is 4.82. The maximum atomic E-state index is 12.5. The fourth-order valence-corrected chi connectivity index (χ4v) is 3.45. The van der Waals surface area contributed by atoms with Crippen molar-refractivity contribution in [3.63, 3.8) is 0 Å². The molecule has 0 spiro atoms. The molecule has 3 N–H and O–H groups in total. The molecule has 8 heteroatoms. The molecule has 2 heterocycles. The van der Waals surface area contributed by atoms with Gasteiger partial charge in [-0.25, -0.2) is 0 Å². The van der Waals surface area contributed by atoms with Gasteiger partial charge in [0.25, 0.3) is 5.91 Å². The number of piperidine rings is 1. The number of nitrogens with one attached hydrogen (secondary N) is 1. The Morgan fingerprint density at radius 2 is 2.04 bits per heavy atom. The van der Waals surface area contributed by atoms with E-state index in [2.05, 4.69) is 5.32 Å².